The predicted molar refractivity (Wildman–Crippen MR) is 176 cm³/mol. The molecule has 278 valence electrons. The van der Waals surface area contributed by atoms with Crippen molar-refractivity contribution in [3.05, 3.63) is 101 Å². The number of anilines is 1. The molecular weight excluding hydrogens is 692 g/mol. The molecule has 3 aromatic carbocycles. The molecule has 0 saturated heterocycles. The first kappa shape index (κ1) is 42.0. The van der Waals surface area contributed by atoms with Gasteiger partial charge in [-0.2, -0.15) is 35.8 Å². The molecule has 16 heteroatoms. The van der Waals surface area contributed by atoms with Crippen LogP contribution in [0.15, 0.2) is 77.5 Å². The maximum Gasteiger partial charge on any atom is 0.419 e. The standard InChI is InChI=1S/C31H26F8N4O4.2C2H6/c1-42(22-7-8-24(32)23(13-22)31(37,38)39)41-25-10-11-43(16-21(25)17-44)15-18-2-5-20(6-3-18)28(45)40-14-19-4-9-26(46-29(33)34)27(12-19)47-30(35)36;2*1-2/h2-9,12-13,16-17,29-30H,10-11,14-15H2,1H3,(H,40,45);2*1-2H3/b41-25-;;. The van der Waals surface area contributed by atoms with Crippen LogP contribution in [0.4, 0.5) is 40.8 Å². The summed E-state index contributed by atoms with van der Waals surface area (Å²) in [5, 5.41) is 8.00. The quantitative estimate of drug-likeness (QED) is 0.114. The summed E-state index contributed by atoms with van der Waals surface area (Å²) in [5.74, 6) is -3.11. The number of carbonyl (C=O) groups excluding carboxylic acids is 2. The third-order valence-electron chi connectivity index (χ3n) is 6.81. The lowest BCUT2D eigenvalue weighted by Crippen LogP contribution is -2.29. The third kappa shape index (κ3) is 12.6. The fraction of sp³-hybridized carbons (Fsp3) is 0.343. The highest BCUT2D eigenvalue weighted by atomic mass is 19.4. The maximum atomic E-state index is 13.7. The summed E-state index contributed by atoms with van der Waals surface area (Å²) >= 11 is 0. The predicted octanol–water partition coefficient (Wildman–Crippen LogP) is 8.81. The third-order valence-corrected chi connectivity index (χ3v) is 6.81. The van der Waals surface area contributed by atoms with E-state index in [0.29, 0.717) is 37.2 Å². The lowest BCUT2D eigenvalue weighted by molar-refractivity contribution is -0.140. The Morgan fingerprint density at radius 1 is 0.922 bits per heavy atom. The molecule has 1 amide bonds. The van der Waals surface area contributed by atoms with Gasteiger partial charge in [-0.15, -0.1) is 0 Å². The van der Waals surface area contributed by atoms with Crippen LogP contribution in [-0.4, -0.2) is 49.6 Å². The number of nitrogens with one attached hydrogen (secondary N) is 1. The number of hydrazone groups is 1. The minimum absolute atomic E-state index is 0.0223. The van der Waals surface area contributed by atoms with E-state index in [2.05, 4.69) is 19.9 Å². The highest BCUT2D eigenvalue weighted by Crippen LogP contribution is 2.34. The van der Waals surface area contributed by atoms with Gasteiger partial charge in [0.2, 0.25) is 0 Å². The van der Waals surface area contributed by atoms with Crippen LogP contribution in [0.1, 0.15) is 61.2 Å². The fourth-order valence-corrected chi connectivity index (χ4v) is 4.56. The maximum absolute atomic E-state index is 13.7. The number of rotatable bonds is 12. The Kier molecular flexibility index (Phi) is 16.4. The molecule has 1 N–H and O–H groups in total. The molecule has 4 rings (SSSR count). The van der Waals surface area contributed by atoms with Gasteiger partial charge in [0.25, 0.3) is 5.91 Å². The summed E-state index contributed by atoms with van der Waals surface area (Å²) < 4.78 is 112. The molecule has 0 saturated carbocycles. The molecule has 0 fully saturated rings. The fourth-order valence-electron chi connectivity index (χ4n) is 4.56. The number of alkyl halides is 7. The van der Waals surface area contributed by atoms with Crippen LogP contribution >= 0.6 is 0 Å². The Labute approximate surface area is 290 Å². The van der Waals surface area contributed by atoms with E-state index < -0.39 is 48.2 Å². The Bertz CT molecular complexity index is 1650. The lowest BCUT2D eigenvalue weighted by Gasteiger charge is -2.27. The van der Waals surface area contributed by atoms with Gasteiger partial charge < -0.3 is 19.7 Å². The molecule has 0 aromatic heterocycles. The molecule has 0 bridgehead atoms. The van der Waals surface area contributed by atoms with Gasteiger partial charge in [0.15, 0.2) is 17.8 Å². The van der Waals surface area contributed by atoms with E-state index in [1.807, 2.05) is 32.6 Å². The van der Waals surface area contributed by atoms with Crippen molar-refractivity contribution in [1.82, 2.24) is 10.2 Å². The first-order valence-electron chi connectivity index (χ1n) is 15.7. The van der Waals surface area contributed by atoms with E-state index in [1.54, 1.807) is 30.5 Å². The molecule has 1 aliphatic rings. The summed E-state index contributed by atoms with van der Waals surface area (Å²) in [6.45, 7) is 2.07. The zero-order chi connectivity index (χ0) is 38.3. The smallest absolute Gasteiger partial charge is 0.419 e. The second-order valence-corrected chi connectivity index (χ2v) is 10.1. The number of amides is 1. The summed E-state index contributed by atoms with van der Waals surface area (Å²) in [6.07, 6.45) is -2.48. The van der Waals surface area contributed by atoms with Crippen LogP contribution in [0.2, 0.25) is 0 Å². The van der Waals surface area contributed by atoms with Crippen LogP contribution in [-0.2, 0) is 24.1 Å². The summed E-state index contributed by atoms with van der Waals surface area (Å²) in [5.41, 5.74) is 0.400. The van der Waals surface area contributed by atoms with Crippen LogP contribution in [0, 0.1) is 5.82 Å². The van der Waals surface area contributed by atoms with Crippen molar-refractivity contribution in [3.8, 4) is 11.5 Å². The van der Waals surface area contributed by atoms with E-state index in [0.717, 1.165) is 28.8 Å². The molecule has 8 nitrogen and oxygen atoms in total. The van der Waals surface area contributed by atoms with Crippen molar-refractivity contribution in [2.75, 3.05) is 18.6 Å². The van der Waals surface area contributed by atoms with E-state index in [9.17, 15) is 44.7 Å². The van der Waals surface area contributed by atoms with Crippen molar-refractivity contribution < 1.29 is 54.2 Å². The van der Waals surface area contributed by atoms with Crippen LogP contribution in [0.5, 0.6) is 11.5 Å². The largest absolute Gasteiger partial charge is 0.431 e. The Morgan fingerprint density at radius 3 is 2.12 bits per heavy atom. The molecule has 0 unspecified atom stereocenters. The van der Waals surface area contributed by atoms with Crippen LogP contribution < -0.4 is 19.8 Å². The van der Waals surface area contributed by atoms with Gasteiger partial charge in [-0.05, 0) is 53.6 Å². The minimum Gasteiger partial charge on any atom is -0.431 e. The molecule has 0 aliphatic carbocycles. The number of hydrogen-bond acceptors (Lipinski definition) is 7. The zero-order valence-corrected chi connectivity index (χ0v) is 28.4. The lowest BCUT2D eigenvalue weighted by atomic mass is 10.0. The van der Waals surface area contributed by atoms with Gasteiger partial charge in [-0.1, -0.05) is 45.9 Å². The number of carbonyl (C=O) groups is 2. The van der Waals surface area contributed by atoms with E-state index >= 15 is 0 Å². The van der Waals surface area contributed by atoms with Crippen LogP contribution in [0.3, 0.4) is 0 Å². The first-order valence-corrected chi connectivity index (χ1v) is 15.7. The molecule has 0 spiro atoms. The number of aldehydes is 1. The summed E-state index contributed by atoms with van der Waals surface area (Å²) in [6, 6.07) is 12.3. The van der Waals surface area contributed by atoms with E-state index in [4.69, 9.17) is 0 Å². The molecular formula is C35H38F8N4O4. The van der Waals surface area contributed by atoms with Crippen molar-refractivity contribution in [2.45, 2.75) is 66.6 Å². The highest BCUT2D eigenvalue weighted by Gasteiger charge is 2.34. The molecule has 1 aliphatic heterocycles. The number of nitrogens with zero attached hydrogens (tertiary/aromatic N) is 3. The molecule has 3 aromatic rings. The topological polar surface area (TPSA) is 83.5 Å². The Hall–Kier alpha value is -5.15. The second kappa shape index (κ2) is 19.9. The molecule has 0 radical (unpaired) electrons. The highest BCUT2D eigenvalue weighted by molar-refractivity contribution is 6.15. The van der Waals surface area contributed by atoms with Gasteiger partial charge in [0, 0.05) is 44.9 Å². The number of allylic oxidation sites excluding steroid dienone is 1. The van der Waals surface area contributed by atoms with Gasteiger partial charge in [0.05, 0.1) is 22.5 Å². The SMILES string of the molecule is CC.CC.CN(/N=C1/CCN(Cc2ccc(C(=O)NCc3ccc(OC(F)F)c(OC(F)F)c3)cc2)C=C1C=O)c1ccc(F)c(C(F)(F)F)c1. The summed E-state index contributed by atoms with van der Waals surface area (Å²) in [7, 11) is 1.38. The second-order valence-electron chi connectivity index (χ2n) is 10.1. The van der Waals surface area contributed by atoms with Crippen molar-refractivity contribution in [1.29, 1.82) is 0 Å². The van der Waals surface area contributed by atoms with E-state index in [-0.39, 0.29) is 35.4 Å². The van der Waals surface area contributed by atoms with Crippen molar-refractivity contribution in [3.63, 3.8) is 0 Å². The molecule has 1 heterocycles. The van der Waals surface area contributed by atoms with Gasteiger partial charge in [-0.3, -0.25) is 14.6 Å². The zero-order valence-electron chi connectivity index (χ0n) is 28.4. The van der Waals surface area contributed by atoms with Crippen molar-refractivity contribution in [2.24, 2.45) is 5.10 Å². The van der Waals surface area contributed by atoms with Crippen molar-refractivity contribution >= 4 is 23.6 Å². The van der Waals surface area contributed by atoms with Gasteiger partial charge >= 0.3 is 19.4 Å². The average Bonchev–Trinajstić information content (AvgIpc) is 3.10. The van der Waals surface area contributed by atoms with Gasteiger partial charge in [-0.25, -0.2) is 4.39 Å². The average molecular weight is 731 g/mol. The molecule has 0 atom stereocenters. The first-order chi connectivity index (χ1) is 24.2. The Morgan fingerprint density at radius 2 is 1.53 bits per heavy atom. The Balaban J connectivity index is 0.00000217. The number of benzene rings is 3. The number of halogens is 8. The molecule has 51 heavy (non-hydrogen) atoms. The van der Waals surface area contributed by atoms with Gasteiger partial charge in [0.1, 0.15) is 5.82 Å². The minimum atomic E-state index is -4.89. The van der Waals surface area contributed by atoms with E-state index in [1.165, 1.54) is 13.1 Å². The number of ether oxygens (including phenoxy) is 2. The summed E-state index contributed by atoms with van der Waals surface area (Å²) in [4.78, 5) is 26.3. The van der Waals surface area contributed by atoms with Crippen LogP contribution in [0.25, 0.3) is 0 Å². The number of hydrogen-bond donors (Lipinski definition) is 1. The monoisotopic (exact) mass is 730 g/mol. The normalized spacial score (nSPS) is 13.4.